The minimum atomic E-state index is -0.341. The summed E-state index contributed by atoms with van der Waals surface area (Å²) in [5, 5.41) is 0. The lowest BCUT2D eigenvalue weighted by atomic mass is 9.84. The molecule has 1 aliphatic heterocycles. The van der Waals surface area contributed by atoms with Crippen molar-refractivity contribution in [3.63, 3.8) is 0 Å². The van der Waals surface area contributed by atoms with E-state index in [1.165, 1.54) is 0 Å². The molecule has 1 heterocycles. The number of carbonyl (C=O) groups excluding carboxylic acids is 2. The first-order valence-corrected chi connectivity index (χ1v) is 7.54. The first-order chi connectivity index (χ1) is 9.63. The molecule has 0 aromatic heterocycles. The minimum Gasteiger partial charge on any atom is -0.450 e. The Labute approximate surface area is 120 Å². The van der Waals surface area contributed by atoms with E-state index < -0.39 is 0 Å². The van der Waals surface area contributed by atoms with Gasteiger partial charge in [0.2, 0.25) is 5.91 Å². The third-order valence-corrected chi connectivity index (χ3v) is 4.50. The van der Waals surface area contributed by atoms with Crippen molar-refractivity contribution in [3.8, 4) is 0 Å². The highest BCUT2D eigenvalue weighted by atomic mass is 16.6. The number of carbonyl (C=O) groups is 2. The maximum Gasteiger partial charge on any atom is 0.409 e. The quantitative estimate of drug-likeness (QED) is 0.831. The Morgan fingerprint density at radius 1 is 1.10 bits per heavy atom. The van der Waals surface area contributed by atoms with Gasteiger partial charge in [-0.1, -0.05) is 12.8 Å². The zero-order valence-corrected chi connectivity index (χ0v) is 12.3. The summed E-state index contributed by atoms with van der Waals surface area (Å²) in [6, 6.07) is 0. The first kappa shape index (κ1) is 15.1. The molecule has 2 aliphatic rings. The Morgan fingerprint density at radius 2 is 1.65 bits per heavy atom. The van der Waals surface area contributed by atoms with Crippen LogP contribution < -0.4 is 5.73 Å². The average molecular weight is 283 g/mol. The summed E-state index contributed by atoms with van der Waals surface area (Å²) in [5.41, 5.74) is 5.52. The van der Waals surface area contributed by atoms with Crippen LogP contribution in [-0.4, -0.2) is 61.1 Å². The molecule has 0 radical (unpaired) electrons. The van der Waals surface area contributed by atoms with Crippen molar-refractivity contribution in [3.05, 3.63) is 0 Å². The molecule has 1 aliphatic carbocycles. The van der Waals surface area contributed by atoms with E-state index >= 15 is 0 Å². The van der Waals surface area contributed by atoms with Crippen LogP contribution in [0.5, 0.6) is 0 Å². The van der Waals surface area contributed by atoms with Gasteiger partial charge in [0.1, 0.15) is 0 Å². The summed E-state index contributed by atoms with van der Waals surface area (Å²) < 4.78 is 4.98. The first-order valence-electron chi connectivity index (χ1n) is 7.54. The second-order valence-corrected chi connectivity index (χ2v) is 5.67. The van der Waals surface area contributed by atoms with Gasteiger partial charge < -0.3 is 20.3 Å². The zero-order valence-electron chi connectivity index (χ0n) is 12.3. The van der Waals surface area contributed by atoms with Gasteiger partial charge >= 0.3 is 6.09 Å². The van der Waals surface area contributed by atoms with Gasteiger partial charge in [-0.05, 0) is 19.8 Å². The second-order valence-electron chi connectivity index (χ2n) is 5.67. The SMILES string of the molecule is CCOC(=O)N1CCN(C(=O)C2(CN)CCCC2)CC1. The fraction of sp³-hybridized carbons (Fsp3) is 0.857. The van der Waals surface area contributed by atoms with Gasteiger partial charge in [0.05, 0.1) is 12.0 Å². The highest BCUT2D eigenvalue weighted by Gasteiger charge is 2.43. The number of ether oxygens (including phenoxy) is 1. The Balaban J connectivity index is 1.90. The predicted octanol–water partition coefficient (Wildman–Crippen LogP) is 0.806. The van der Waals surface area contributed by atoms with Crippen LogP contribution >= 0.6 is 0 Å². The van der Waals surface area contributed by atoms with Crippen molar-refractivity contribution in [2.75, 3.05) is 39.3 Å². The van der Waals surface area contributed by atoms with Gasteiger partial charge in [-0.25, -0.2) is 4.79 Å². The van der Waals surface area contributed by atoms with Crippen LogP contribution in [0.25, 0.3) is 0 Å². The number of nitrogens with two attached hydrogens (primary N) is 1. The number of piperazine rings is 1. The van der Waals surface area contributed by atoms with E-state index in [-0.39, 0.29) is 17.4 Å². The molecular formula is C14H25N3O3. The molecule has 0 aromatic rings. The van der Waals surface area contributed by atoms with Crippen molar-refractivity contribution in [2.24, 2.45) is 11.1 Å². The lowest BCUT2D eigenvalue weighted by Gasteiger charge is -2.39. The van der Waals surface area contributed by atoms with E-state index in [9.17, 15) is 9.59 Å². The fourth-order valence-electron chi connectivity index (χ4n) is 3.20. The molecule has 0 unspecified atom stereocenters. The van der Waals surface area contributed by atoms with Crippen molar-refractivity contribution in [1.29, 1.82) is 0 Å². The van der Waals surface area contributed by atoms with Crippen LogP contribution in [0.2, 0.25) is 0 Å². The number of amides is 2. The van der Waals surface area contributed by atoms with E-state index in [4.69, 9.17) is 10.5 Å². The van der Waals surface area contributed by atoms with Crippen LogP contribution in [0, 0.1) is 5.41 Å². The molecule has 6 nitrogen and oxygen atoms in total. The highest BCUT2D eigenvalue weighted by Crippen LogP contribution is 2.39. The van der Waals surface area contributed by atoms with E-state index in [2.05, 4.69) is 0 Å². The summed E-state index contributed by atoms with van der Waals surface area (Å²) >= 11 is 0. The zero-order chi connectivity index (χ0) is 14.6. The van der Waals surface area contributed by atoms with Gasteiger partial charge in [0, 0.05) is 32.7 Å². The molecule has 0 bridgehead atoms. The van der Waals surface area contributed by atoms with Crippen molar-refractivity contribution in [1.82, 2.24) is 9.80 Å². The molecule has 1 saturated heterocycles. The minimum absolute atomic E-state index is 0.181. The Kier molecular flexibility index (Phi) is 4.86. The summed E-state index contributed by atoms with van der Waals surface area (Å²) in [5.74, 6) is 0.181. The van der Waals surface area contributed by atoms with Gasteiger partial charge in [-0.15, -0.1) is 0 Å². The van der Waals surface area contributed by atoms with E-state index in [1.807, 2.05) is 4.90 Å². The number of hydrogen-bond acceptors (Lipinski definition) is 4. The summed E-state index contributed by atoms with van der Waals surface area (Å²) in [6.45, 7) is 4.87. The summed E-state index contributed by atoms with van der Waals surface area (Å²) in [6.07, 6.45) is 3.70. The molecule has 2 amide bonds. The molecular weight excluding hydrogens is 258 g/mol. The number of nitrogens with zero attached hydrogens (tertiary/aromatic N) is 2. The Hall–Kier alpha value is -1.30. The molecule has 2 N–H and O–H groups in total. The van der Waals surface area contributed by atoms with E-state index in [0.717, 1.165) is 25.7 Å². The Morgan fingerprint density at radius 3 is 2.15 bits per heavy atom. The largest absolute Gasteiger partial charge is 0.450 e. The smallest absolute Gasteiger partial charge is 0.409 e. The maximum absolute atomic E-state index is 12.7. The number of hydrogen-bond donors (Lipinski definition) is 1. The molecule has 2 fully saturated rings. The molecule has 114 valence electrons. The van der Waals surface area contributed by atoms with Crippen molar-refractivity contribution >= 4 is 12.0 Å². The van der Waals surface area contributed by atoms with Crippen LogP contribution in [0.4, 0.5) is 4.79 Å². The van der Waals surface area contributed by atoms with Crippen molar-refractivity contribution < 1.29 is 14.3 Å². The highest BCUT2D eigenvalue weighted by molar-refractivity contribution is 5.83. The van der Waals surface area contributed by atoms with Crippen molar-refractivity contribution in [2.45, 2.75) is 32.6 Å². The predicted molar refractivity (Wildman–Crippen MR) is 75.1 cm³/mol. The lowest BCUT2D eigenvalue weighted by Crippen LogP contribution is -2.55. The van der Waals surface area contributed by atoms with Gasteiger partial charge in [-0.3, -0.25) is 4.79 Å². The molecule has 2 rings (SSSR count). The normalized spacial score (nSPS) is 21.9. The molecule has 0 atom stereocenters. The molecule has 0 aromatic carbocycles. The number of rotatable bonds is 3. The van der Waals surface area contributed by atoms with E-state index in [0.29, 0.717) is 39.3 Å². The topological polar surface area (TPSA) is 75.9 Å². The Bertz CT molecular complexity index is 359. The summed E-state index contributed by atoms with van der Waals surface area (Å²) in [4.78, 5) is 27.8. The summed E-state index contributed by atoms with van der Waals surface area (Å²) in [7, 11) is 0. The fourth-order valence-corrected chi connectivity index (χ4v) is 3.20. The second kappa shape index (κ2) is 6.43. The van der Waals surface area contributed by atoms with Gasteiger partial charge in [0.25, 0.3) is 0 Å². The molecule has 6 heteroatoms. The standard InChI is InChI=1S/C14H25N3O3/c1-2-20-13(19)17-9-7-16(8-10-17)12(18)14(11-15)5-3-4-6-14/h2-11,15H2,1H3. The monoisotopic (exact) mass is 283 g/mol. The van der Waals surface area contributed by atoms with Crippen LogP contribution in [0.15, 0.2) is 0 Å². The van der Waals surface area contributed by atoms with Crippen LogP contribution in [0.1, 0.15) is 32.6 Å². The third-order valence-electron chi connectivity index (χ3n) is 4.50. The van der Waals surface area contributed by atoms with Gasteiger partial charge in [0.15, 0.2) is 0 Å². The average Bonchev–Trinajstić information content (AvgIpc) is 2.97. The van der Waals surface area contributed by atoms with E-state index in [1.54, 1.807) is 11.8 Å². The van der Waals surface area contributed by atoms with Gasteiger partial charge in [-0.2, -0.15) is 0 Å². The third kappa shape index (κ3) is 2.90. The molecule has 1 saturated carbocycles. The molecule has 20 heavy (non-hydrogen) atoms. The van der Waals surface area contributed by atoms with Crippen LogP contribution in [0.3, 0.4) is 0 Å². The molecule has 0 spiro atoms. The van der Waals surface area contributed by atoms with Crippen LogP contribution in [-0.2, 0) is 9.53 Å². The lowest BCUT2D eigenvalue weighted by molar-refractivity contribution is -0.143. The maximum atomic E-state index is 12.7.